The van der Waals surface area contributed by atoms with Gasteiger partial charge in [0.1, 0.15) is 18.5 Å². The molecule has 0 spiro atoms. The van der Waals surface area contributed by atoms with E-state index in [-0.39, 0.29) is 5.54 Å². The summed E-state index contributed by atoms with van der Waals surface area (Å²) in [4.78, 5) is 0. The van der Waals surface area contributed by atoms with E-state index in [4.69, 9.17) is 9.47 Å². The van der Waals surface area contributed by atoms with Gasteiger partial charge in [-0.15, -0.1) is 0 Å². The SMILES string of the molecule is CC1(NCC(O)COc2ccc(Br)cc2)CCOCC1. The van der Waals surface area contributed by atoms with E-state index >= 15 is 0 Å². The summed E-state index contributed by atoms with van der Waals surface area (Å²) in [6.07, 6.45) is 1.44. The lowest BCUT2D eigenvalue weighted by Gasteiger charge is -2.35. The average Bonchev–Trinajstić information content (AvgIpc) is 2.45. The van der Waals surface area contributed by atoms with Crippen LogP contribution in [0.5, 0.6) is 5.75 Å². The molecule has 2 N–H and O–H groups in total. The predicted octanol–water partition coefficient (Wildman–Crippen LogP) is 2.35. The Morgan fingerprint density at radius 1 is 1.35 bits per heavy atom. The fourth-order valence-electron chi connectivity index (χ4n) is 2.15. The lowest BCUT2D eigenvalue weighted by Crippen LogP contribution is -2.50. The maximum atomic E-state index is 9.98. The fourth-order valence-corrected chi connectivity index (χ4v) is 2.41. The van der Waals surface area contributed by atoms with Crippen molar-refractivity contribution in [3.63, 3.8) is 0 Å². The first-order valence-electron chi connectivity index (χ1n) is 6.97. The minimum Gasteiger partial charge on any atom is -0.491 e. The summed E-state index contributed by atoms with van der Waals surface area (Å²) in [5.74, 6) is 0.768. The van der Waals surface area contributed by atoms with E-state index < -0.39 is 6.10 Å². The van der Waals surface area contributed by atoms with Gasteiger partial charge in [0, 0.05) is 29.8 Å². The largest absolute Gasteiger partial charge is 0.491 e. The quantitative estimate of drug-likeness (QED) is 0.832. The first kappa shape index (κ1) is 15.8. The maximum Gasteiger partial charge on any atom is 0.119 e. The first-order chi connectivity index (χ1) is 9.57. The van der Waals surface area contributed by atoms with Gasteiger partial charge >= 0.3 is 0 Å². The van der Waals surface area contributed by atoms with Crippen molar-refractivity contribution in [1.82, 2.24) is 5.32 Å². The molecule has 1 aliphatic heterocycles. The Labute approximate surface area is 128 Å². The van der Waals surface area contributed by atoms with Crippen molar-refractivity contribution in [2.24, 2.45) is 0 Å². The standard InChI is InChI=1S/C15H22BrNO3/c1-15(6-8-19-9-7-15)17-10-13(18)11-20-14-4-2-12(16)3-5-14/h2-5,13,17-18H,6-11H2,1H3. The number of halogens is 1. The molecule has 1 aliphatic rings. The number of ether oxygens (including phenoxy) is 2. The molecular weight excluding hydrogens is 322 g/mol. The van der Waals surface area contributed by atoms with Gasteiger partial charge in [0.25, 0.3) is 0 Å². The summed E-state index contributed by atoms with van der Waals surface area (Å²) in [6.45, 7) is 4.58. The minimum absolute atomic E-state index is 0.0663. The molecule has 1 fully saturated rings. The van der Waals surface area contributed by atoms with E-state index in [1.165, 1.54) is 0 Å². The third-order valence-electron chi connectivity index (χ3n) is 3.62. The normalized spacial score (nSPS) is 19.6. The second kappa shape index (κ2) is 7.41. The Bertz CT molecular complexity index is 404. The number of rotatable bonds is 6. The predicted molar refractivity (Wildman–Crippen MR) is 82.1 cm³/mol. The molecule has 2 rings (SSSR count). The Kier molecular flexibility index (Phi) is 5.84. The van der Waals surface area contributed by atoms with Crippen LogP contribution in [0.15, 0.2) is 28.7 Å². The number of aliphatic hydroxyl groups excluding tert-OH is 1. The van der Waals surface area contributed by atoms with Crippen LogP contribution in [0.1, 0.15) is 19.8 Å². The van der Waals surface area contributed by atoms with Gasteiger partial charge in [-0.25, -0.2) is 0 Å². The number of β-amino-alcohol motifs (C(OH)–C–C–N with tert-alkyl or cyclic N) is 1. The molecule has 1 aromatic carbocycles. The van der Waals surface area contributed by atoms with E-state index in [0.29, 0.717) is 13.2 Å². The zero-order chi connectivity index (χ0) is 14.4. The Morgan fingerprint density at radius 2 is 2.00 bits per heavy atom. The monoisotopic (exact) mass is 343 g/mol. The molecule has 4 nitrogen and oxygen atoms in total. The second-order valence-electron chi connectivity index (χ2n) is 5.47. The molecule has 0 bridgehead atoms. The Balaban J connectivity index is 1.69. The van der Waals surface area contributed by atoms with Crippen LogP contribution in [0, 0.1) is 0 Å². The summed E-state index contributed by atoms with van der Waals surface area (Å²) in [5, 5.41) is 13.4. The third-order valence-corrected chi connectivity index (χ3v) is 4.15. The molecule has 1 saturated heterocycles. The third kappa shape index (κ3) is 5.05. The molecule has 0 saturated carbocycles. The molecular formula is C15H22BrNO3. The van der Waals surface area contributed by atoms with Crippen LogP contribution in [0.2, 0.25) is 0 Å². The summed E-state index contributed by atoms with van der Waals surface area (Å²) in [5.41, 5.74) is 0.0663. The topological polar surface area (TPSA) is 50.7 Å². The summed E-state index contributed by atoms with van der Waals surface area (Å²) in [7, 11) is 0. The van der Waals surface area contributed by atoms with Crippen LogP contribution in [-0.4, -0.2) is 43.1 Å². The first-order valence-corrected chi connectivity index (χ1v) is 7.76. The lowest BCUT2D eigenvalue weighted by atomic mass is 9.92. The smallest absolute Gasteiger partial charge is 0.119 e. The highest BCUT2D eigenvalue weighted by atomic mass is 79.9. The van der Waals surface area contributed by atoms with Crippen molar-refractivity contribution >= 4 is 15.9 Å². The number of aliphatic hydroxyl groups is 1. The van der Waals surface area contributed by atoms with Gasteiger partial charge in [-0.05, 0) is 44.0 Å². The van der Waals surface area contributed by atoms with Gasteiger partial charge in [-0.3, -0.25) is 0 Å². The Morgan fingerprint density at radius 3 is 2.65 bits per heavy atom. The Hall–Kier alpha value is -0.620. The van der Waals surface area contributed by atoms with Crippen molar-refractivity contribution in [3.05, 3.63) is 28.7 Å². The molecule has 1 heterocycles. The van der Waals surface area contributed by atoms with Crippen LogP contribution >= 0.6 is 15.9 Å². The molecule has 1 atom stereocenters. The van der Waals surface area contributed by atoms with Gasteiger partial charge in [-0.1, -0.05) is 15.9 Å². The van der Waals surface area contributed by atoms with Gasteiger partial charge in [0.2, 0.25) is 0 Å². The number of nitrogens with one attached hydrogen (secondary N) is 1. The summed E-state index contributed by atoms with van der Waals surface area (Å²) < 4.78 is 11.9. The van der Waals surface area contributed by atoms with Crippen LogP contribution in [0.4, 0.5) is 0 Å². The van der Waals surface area contributed by atoms with Crippen LogP contribution in [-0.2, 0) is 4.74 Å². The minimum atomic E-state index is -0.515. The average molecular weight is 344 g/mol. The van der Waals surface area contributed by atoms with Gasteiger partial charge in [0.15, 0.2) is 0 Å². The van der Waals surface area contributed by atoms with Crippen LogP contribution in [0.3, 0.4) is 0 Å². The van der Waals surface area contributed by atoms with Gasteiger partial charge in [-0.2, -0.15) is 0 Å². The number of benzene rings is 1. The molecule has 0 aromatic heterocycles. The van der Waals surface area contributed by atoms with E-state index in [0.717, 1.165) is 36.3 Å². The number of hydrogen-bond donors (Lipinski definition) is 2. The van der Waals surface area contributed by atoms with Crippen molar-refractivity contribution < 1.29 is 14.6 Å². The van der Waals surface area contributed by atoms with Crippen molar-refractivity contribution in [2.45, 2.75) is 31.4 Å². The van der Waals surface area contributed by atoms with E-state index in [1.54, 1.807) is 0 Å². The highest BCUT2D eigenvalue weighted by Crippen LogP contribution is 2.19. The van der Waals surface area contributed by atoms with Crippen molar-refractivity contribution in [1.29, 1.82) is 0 Å². The summed E-state index contributed by atoms with van der Waals surface area (Å²) >= 11 is 3.38. The zero-order valence-corrected chi connectivity index (χ0v) is 13.4. The molecule has 0 radical (unpaired) electrons. The van der Waals surface area contributed by atoms with Gasteiger partial charge < -0.3 is 19.9 Å². The van der Waals surface area contributed by atoms with E-state index in [2.05, 4.69) is 28.2 Å². The number of hydrogen-bond acceptors (Lipinski definition) is 4. The molecule has 112 valence electrons. The second-order valence-corrected chi connectivity index (χ2v) is 6.39. The highest BCUT2D eigenvalue weighted by molar-refractivity contribution is 9.10. The molecule has 5 heteroatoms. The highest BCUT2D eigenvalue weighted by Gasteiger charge is 2.27. The van der Waals surface area contributed by atoms with Crippen molar-refractivity contribution in [2.75, 3.05) is 26.4 Å². The molecule has 1 unspecified atom stereocenters. The molecule has 0 amide bonds. The van der Waals surface area contributed by atoms with Crippen molar-refractivity contribution in [3.8, 4) is 5.75 Å². The fraction of sp³-hybridized carbons (Fsp3) is 0.600. The summed E-state index contributed by atoms with van der Waals surface area (Å²) in [6, 6.07) is 7.60. The van der Waals surface area contributed by atoms with Crippen LogP contribution in [0.25, 0.3) is 0 Å². The van der Waals surface area contributed by atoms with Crippen LogP contribution < -0.4 is 10.1 Å². The van der Waals surface area contributed by atoms with E-state index in [1.807, 2.05) is 24.3 Å². The van der Waals surface area contributed by atoms with Gasteiger partial charge in [0.05, 0.1) is 0 Å². The lowest BCUT2D eigenvalue weighted by molar-refractivity contribution is 0.0342. The maximum absolute atomic E-state index is 9.98. The zero-order valence-electron chi connectivity index (χ0n) is 11.8. The van der Waals surface area contributed by atoms with E-state index in [9.17, 15) is 5.11 Å². The molecule has 1 aromatic rings. The molecule has 0 aliphatic carbocycles. The molecule has 20 heavy (non-hydrogen) atoms.